The fraction of sp³-hybridized carbons (Fsp3) is 0.500. The van der Waals surface area contributed by atoms with Gasteiger partial charge in [-0.1, -0.05) is 37.3 Å². The van der Waals surface area contributed by atoms with Crippen LogP contribution < -0.4 is 0 Å². The molecule has 1 heterocycles. The van der Waals surface area contributed by atoms with Gasteiger partial charge in [0.1, 0.15) is 0 Å². The molecular weight excluding hydrogens is 264 g/mol. The van der Waals surface area contributed by atoms with Crippen LogP contribution in [0.2, 0.25) is 5.02 Å². The van der Waals surface area contributed by atoms with Gasteiger partial charge in [-0.3, -0.25) is 0 Å². The van der Waals surface area contributed by atoms with Crippen LogP contribution in [0.25, 0.3) is 11.0 Å². The second-order valence-corrected chi connectivity index (χ2v) is 6.01. The number of H-pyrrole nitrogens is 1. The molecule has 0 radical (unpaired) electrons. The largest absolute Gasteiger partial charge is 0.331 e. The van der Waals surface area contributed by atoms with Crippen LogP contribution in [0, 0.1) is 10.7 Å². The second-order valence-electron chi connectivity index (χ2n) is 5.18. The van der Waals surface area contributed by atoms with Gasteiger partial charge in [0.05, 0.1) is 11.0 Å². The highest BCUT2D eigenvalue weighted by Gasteiger charge is 2.15. The van der Waals surface area contributed by atoms with E-state index in [0.29, 0.717) is 0 Å². The molecule has 1 aliphatic carbocycles. The van der Waals surface area contributed by atoms with E-state index in [9.17, 15) is 0 Å². The number of fused-ring (bicyclic) bond motifs is 1. The molecule has 1 aromatic carbocycles. The van der Waals surface area contributed by atoms with Gasteiger partial charge in [-0.15, -0.1) is 0 Å². The summed E-state index contributed by atoms with van der Waals surface area (Å²) in [4.78, 5) is 3.24. The number of rotatable bonds is 3. The molecule has 0 atom stereocenters. The molecule has 0 spiro atoms. The Balaban J connectivity index is 1.86. The average molecular weight is 281 g/mol. The van der Waals surface area contributed by atoms with Crippen molar-refractivity contribution in [2.24, 2.45) is 5.92 Å². The summed E-state index contributed by atoms with van der Waals surface area (Å²) >= 11 is 11.4. The fourth-order valence-corrected chi connectivity index (χ4v) is 3.44. The van der Waals surface area contributed by atoms with Crippen LogP contribution in [0.15, 0.2) is 18.2 Å². The number of nitrogens with zero attached hydrogens (tertiary/aromatic N) is 1. The van der Waals surface area contributed by atoms with Crippen molar-refractivity contribution in [2.75, 3.05) is 0 Å². The predicted octanol–water partition coefficient (Wildman–Crippen LogP) is 4.93. The molecule has 0 saturated heterocycles. The molecule has 3 rings (SSSR count). The normalized spacial score (nSPS) is 16.7. The number of hydrogen-bond acceptors (Lipinski definition) is 1. The smallest absolute Gasteiger partial charge is 0.178 e. The molecule has 0 unspecified atom stereocenters. The van der Waals surface area contributed by atoms with E-state index in [0.717, 1.165) is 27.8 Å². The van der Waals surface area contributed by atoms with Crippen molar-refractivity contribution in [3.8, 4) is 0 Å². The molecule has 1 saturated carbocycles. The molecular formula is C14H17ClN2S. The molecule has 18 heavy (non-hydrogen) atoms. The first-order valence-corrected chi connectivity index (χ1v) is 7.41. The number of nitrogens with one attached hydrogen (secondary N) is 1. The van der Waals surface area contributed by atoms with Gasteiger partial charge in [0.15, 0.2) is 4.77 Å². The minimum atomic E-state index is 0.752. The van der Waals surface area contributed by atoms with Crippen LogP contribution in [0.1, 0.15) is 32.1 Å². The number of aromatic nitrogens is 2. The number of imidazole rings is 1. The van der Waals surface area contributed by atoms with Crippen LogP contribution >= 0.6 is 23.8 Å². The third-order valence-electron chi connectivity index (χ3n) is 3.97. The van der Waals surface area contributed by atoms with Crippen molar-refractivity contribution in [3.63, 3.8) is 0 Å². The molecule has 1 N–H and O–H groups in total. The Morgan fingerprint density at radius 2 is 2.11 bits per heavy atom. The summed E-state index contributed by atoms with van der Waals surface area (Å²) in [5, 5.41) is 0.752. The number of aromatic amines is 1. The molecule has 2 nitrogen and oxygen atoms in total. The third-order valence-corrected chi connectivity index (χ3v) is 4.53. The van der Waals surface area contributed by atoms with Gasteiger partial charge in [-0.25, -0.2) is 0 Å². The van der Waals surface area contributed by atoms with Crippen LogP contribution in [0.4, 0.5) is 0 Å². The highest BCUT2D eigenvalue weighted by atomic mass is 35.5. The molecule has 0 aliphatic heterocycles. The van der Waals surface area contributed by atoms with E-state index in [1.54, 1.807) is 0 Å². The Morgan fingerprint density at radius 3 is 2.89 bits per heavy atom. The SMILES string of the molecule is S=c1[nH]c2cc(Cl)ccc2n1CCC1CCCC1. The predicted molar refractivity (Wildman–Crippen MR) is 78.7 cm³/mol. The zero-order chi connectivity index (χ0) is 12.5. The first kappa shape index (κ1) is 12.2. The molecule has 1 aromatic heterocycles. The van der Waals surface area contributed by atoms with Crippen molar-refractivity contribution < 1.29 is 0 Å². The van der Waals surface area contributed by atoms with Gasteiger partial charge in [0, 0.05) is 11.6 Å². The summed E-state index contributed by atoms with van der Waals surface area (Å²) in [6.45, 7) is 1.02. The number of hydrogen-bond donors (Lipinski definition) is 1. The molecule has 1 fully saturated rings. The first-order chi connectivity index (χ1) is 8.74. The van der Waals surface area contributed by atoms with Crippen molar-refractivity contribution in [3.05, 3.63) is 28.0 Å². The highest BCUT2D eigenvalue weighted by Crippen LogP contribution is 2.28. The molecule has 1 aliphatic rings. The third kappa shape index (κ3) is 2.34. The van der Waals surface area contributed by atoms with E-state index in [4.69, 9.17) is 23.8 Å². The Labute approximate surface area is 117 Å². The van der Waals surface area contributed by atoms with E-state index >= 15 is 0 Å². The summed E-state index contributed by atoms with van der Waals surface area (Å²) in [5.41, 5.74) is 2.21. The maximum Gasteiger partial charge on any atom is 0.178 e. The first-order valence-electron chi connectivity index (χ1n) is 6.62. The number of benzene rings is 1. The van der Waals surface area contributed by atoms with Gasteiger partial charge in [0.2, 0.25) is 0 Å². The van der Waals surface area contributed by atoms with E-state index in [1.165, 1.54) is 37.6 Å². The summed E-state index contributed by atoms with van der Waals surface area (Å²) in [6.07, 6.45) is 6.83. The lowest BCUT2D eigenvalue weighted by molar-refractivity contribution is 0.461. The molecule has 0 amide bonds. The summed E-state index contributed by atoms with van der Waals surface area (Å²) in [6, 6.07) is 5.93. The number of aryl methyl sites for hydroxylation is 1. The van der Waals surface area contributed by atoms with E-state index in [1.807, 2.05) is 12.1 Å². The van der Waals surface area contributed by atoms with Crippen LogP contribution in [-0.4, -0.2) is 9.55 Å². The maximum atomic E-state index is 6.00. The van der Waals surface area contributed by atoms with Crippen molar-refractivity contribution in [1.29, 1.82) is 0 Å². The molecule has 2 aromatic rings. The standard InChI is InChI=1S/C14H17ClN2S/c15-11-5-6-13-12(9-11)16-14(18)17(13)8-7-10-3-1-2-4-10/h5-6,9-10H,1-4,7-8H2,(H,16,18). The Morgan fingerprint density at radius 1 is 1.33 bits per heavy atom. The fourth-order valence-electron chi connectivity index (χ4n) is 2.97. The minimum absolute atomic E-state index is 0.752. The summed E-state index contributed by atoms with van der Waals surface area (Å²) < 4.78 is 3.02. The molecule has 0 bridgehead atoms. The van der Waals surface area contributed by atoms with Gasteiger partial charge in [0.25, 0.3) is 0 Å². The second kappa shape index (κ2) is 5.06. The van der Waals surface area contributed by atoms with Crippen LogP contribution in [0.3, 0.4) is 0 Å². The van der Waals surface area contributed by atoms with E-state index in [-0.39, 0.29) is 0 Å². The zero-order valence-corrected chi connectivity index (χ0v) is 11.9. The number of halogens is 1. The Hall–Kier alpha value is -0.800. The van der Waals surface area contributed by atoms with Crippen molar-refractivity contribution in [1.82, 2.24) is 9.55 Å². The van der Waals surface area contributed by atoms with Crippen molar-refractivity contribution >= 4 is 34.9 Å². The average Bonchev–Trinajstić information content (AvgIpc) is 2.93. The Kier molecular flexibility index (Phi) is 3.44. The van der Waals surface area contributed by atoms with E-state index < -0.39 is 0 Å². The molecule has 4 heteroatoms. The highest BCUT2D eigenvalue weighted by molar-refractivity contribution is 7.71. The Bertz CT molecular complexity index is 608. The van der Waals surface area contributed by atoms with Gasteiger partial charge < -0.3 is 9.55 Å². The zero-order valence-electron chi connectivity index (χ0n) is 10.3. The maximum absolute atomic E-state index is 6.00. The lowest BCUT2D eigenvalue weighted by atomic mass is 10.0. The minimum Gasteiger partial charge on any atom is -0.331 e. The lowest BCUT2D eigenvalue weighted by Gasteiger charge is -2.10. The quantitative estimate of drug-likeness (QED) is 0.791. The monoisotopic (exact) mass is 280 g/mol. The van der Waals surface area contributed by atoms with Gasteiger partial charge in [-0.2, -0.15) is 0 Å². The topological polar surface area (TPSA) is 20.7 Å². The summed E-state index contributed by atoms with van der Waals surface area (Å²) in [5.74, 6) is 0.893. The van der Waals surface area contributed by atoms with Crippen molar-refractivity contribution in [2.45, 2.75) is 38.6 Å². The van der Waals surface area contributed by atoms with E-state index in [2.05, 4.69) is 15.6 Å². The van der Waals surface area contributed by atoms with Gasteiger partial charge in [-0.05, 0) is 42.8 Å². The van der Waals surface area contributed by atoms with Gasteiger partial charge >= 0.3 is 0 Å². The van der Waals surface area contributed by atoms with Crippen LogP contribution in [0.5, 0.6) is 0 Å². The van der Waals surface area contributed by atoms with Crippen LogP contribution in [-0.2, 0) is 6.54 Å². The lowest BCUT2D eigenvalue weighted by Crippen LogP contribution is -2.03. The molecule has 96 valence electrons. The summed E-state index contributed by atoms with van der Waals surface area (Å²) in [7, 11) is 0.